The second-order valence-corrected chi connectivity index (χ2v) is 11.5. The maximum Gasteiger partial charge on any atom is 0.392 e. The second-order valence-electron chi connectivity index (χ2n) is 11.5. The fourth-order valence-electron chi connectivity index (χ4n) is 7.40. The van der Waals surface area contributed by atoms with Gasteiger partial charge in [-0.3, -0.25) is 9.69 Å². The van der Waals surface area contributed by atoms with Crippen LogP contribution < -0.4 is 10.9 Å². The highest BCUT2D eigenvalue weighted by Gasteiger charge is 2.59. The van der Waals surface area contributed by atoms with E-state index in [1.807, 2.05) is 4.90 Å². The molecule has 5 aliphatic rings. The van der Waals surface area contributed by atoms with Crippen molar-refractivity contribution in [3.8, 4) is 0 Å². The third-order valence-electron chi connectivity index (χ3n) is 9.52. The van der Waals surface area contributed by atoms with Crippen molar-refractivity contribution in [2.24, 2.45) is 41.4 Å². The van der Waals surface area contributed by atoms with Crippen LogP contribution in [0.25, 0.3) is 0 Å². The first kappa shape index (κ1) is 22.9. The number of hydrogen-bond acceptors (Lipinski definition) is 4. The van der Waals surface area contributed by atoms with Gasteiger partial charge in [0.1, 0.15) is 0 Å². The quantitative estimate of drug-likeness (QED) is 0.657. The maximum atomic E-state index is 14.0. The molecule has 2 aliphatic heterocycles. The predicted molar refractivity (Wildman–Crippen MR) is 116 cm³/mol. The van der Waals surface area contributed by atoms with Crippen LogP contribution >= 0.6 is 0 Å². The van der Waals surface area contributed by atoms with E-state index in [1.54, 1.807) is 0 Å². The van der Waals surface area contributed by atoms with Gasteiger partial charge < -0.3 is 4.90 Å². The summed E-state index contributed by atoms with van der Waals surface area (Å²) in [5.74, 6) is -0.629. The van der Waals surface area contributed by atoms with Crippen LogP contribution in [0.3, 0.4) is 0 Å². The Morgan fingerprint density at radius 3 is 2.53 bits per heavy atom. The van der Waals surface area contributed by atoms with E-state index in [0.29, 0.717) is 36.9 Å². The fraction of sp³-hybridized carbons (Fsp3) is 0.958. The highest BCUT2D eigenvalue weighted by molar-refractivity contribution is 5.82. The van der Waals surface area contributed by atoms with Crippen molar-refractivity contribution in [2.45, 2.75) is 83.1 Å². The molecule has 5 rings (SSSR count). The number of amides is 1. The Labute approximate surface area is 189 Å². The zero-order valence-electron chi connectivity index (χ0n) is 19.4. The minimum atomic E-state index is -4.19. The molecular weight excluding hydrogens is 417 g/mol. The molecular formula is C24H39F3N4O. The van der Waals surface area contributed by atoms with Crippen LogP contribution in [0.2, 0.25) is 0 Å². The molecule has 3 aliphatic carbocycles. The van der Waals surface area contributed by atoms with Gasteiger partial charge in [-0.05, 0) is 81.6 Å². The normalized spacial score (nSPS) is 42.3. The average Bonchev–Trinajstić information content (AvgIpc) is 3.46. The first-order chi connectivity index (χ1) is 15.2. The molecule has 2 heterocycles. The molecule has 8 atom stereocenters. The SMILES string of the molecule is C[C@H](CC1NNCN1C)C1CCCC(N2CC3C(CC(C4CC4)CC3C(F)(F)F)C2=O)C1. The summed E-state index contributed by atoms with van der Waals surface area (Å²) in [6.07, 6.45) is 4.31. The topological polar surface area (TPSA) is 47.6 Å². The standard InChI is InChI=1S/C24H39F3N4O/c1-14(8-22-29-28-13-30(22)2)16-4-3-5-18(9-16)31-12-20-19(23(31)32)10-17(15-6-7-15)11-21(20)24(25,26)27/h14-22,28-29H,3-13H2,1-2H3/t14-,16?,17?,18?,19?,20?,21?,22?/m1/s1. The molecule has 0 aromatic heterocycles. The fourth-order valence-corrected chi connectivity index (χ4v) is 7.40. The number of rotatable bonds is 5. The molecule has 32 heavy (non-hydrogen) atoms. The lowest BCUT2D eigenvalue weighted by Gasteiger charge is -2.39. The van der Waals surface area contributed by atoms with Crippen LogP contribution in [0.4, 0.5) is 13.2 Å². The average molecular weight is 457 g/mol. The van der Waals surface area contributed by atoms with E-state index in [4.69, 9.17) is 0 Å². The molecule has 0 aromatic carbocycles. The smallest absolute Gasteiger partial charge is 0.339 e. The molecule has 3 saturated carbocycles. The number of hydrazine groups is 1. The third-order valence-corrected chi connectivity index (χ3v) is 9.52. The molecule has 0 bridgehead atoms. The first-order valence-corrected chi connectivity index (χ1v) is 12.8. The van der Waals surface area contributed by atoms with E-state index in [2.05, 4.69) is 29.7 Å². The molecule has 2 N–H and O–H groups in total. The molecule has 182 valence electrons. The Kier molecular flexibility index (Phi) is 6.25. The first-order valence-electron chi connectivity index (χ1n) is 12.8. The lowest BCUT2D eigenvalue weighted by atomic mass is 9.67. The summed E-state index contributed by atoms with van der Waals surface area (Å²) in [5, 5.41) is 0. The van der Waals surface area contributed by atoms with Gasteiger partial charge in [0.05, 0.1) is 18.8 Å². The maximum absolute atomic E-state index is 14.0. The van der Waals surface area contributed by atoms with Crippen LogP contribution in [-0.4, -0.2) is 54.4 Å². The molecule has 0 aromatic rings. The van der Waals surface area contributed by atoms with Gasteiger partial charge in [-0.25, -0.2) is 10.9 Å². The van der Waals surface area contributed by atoms with Gasteiger partial charge in [-0.15, -0.1) is 0 Å². The predicted octanol–water partition coefficient (Wildman–Crippen LogP) is 3.97. The summed E-state index contributed by atoms with van der Waals surface area (Å²) in [6.45, 7) is 3.46. The van der Waals surface area contributed by atoms with Crippen LogP contribution in [0.15, 0.2) is 0 Å². The number of nitrogens with zero attached hydrogens (tertiary/aromatic N) is 2. The van der Waals surface area contributed by atoms with Gasteiger partial charge in [-0.2, -0.15) is 13.2 Å². The third kappa shape index (κ3) is 4.43. The van der Waals surface area contributed by atoms with E-state index in [1.165, 1.54) is 0 Å². The van der Waals surface area contributed by atoms with Crippen molar-refractivity contribution in [2.75, 3.05) is 20.3 Å². The van der Waals surface area contributed by atoms with Gasteiger partial charge in [0.15, 0.2) is 0 Å². The van der Waals surface area contributed by atoms with Gasteiger partial charge >= 0.3 is 6.18 Å². The summed E-state index contributed by atoms with van der Waals surface area (Å²) < 4.78 is 41.9. The Morgan fingerprint density at radius 2 is 1.88 bits per heavy atom. The van der Waals surface area contributed by atoms with Crippen molar-refractivity contribution in [1.82, 2.24) is 20.7 Å². The Morgan fingerprint density at radius 1 is 1.09 bits per heavy atom. The largest absolute Gasteiger partial charge is 0.392 e. The molecule has 8 heteroatoms. The number of fused-ring (bicyclic) bond motifs is 1. The number of carbonyl (C=O) groups is 1. The van der Waals surface area contributed by atoms with Gasteiger partial charge in [-0.1, -0.05) is 19.8 Å². The highest BCUT2D eigenvalue weighted by atomic mass is 19.4. The number of halogens is 3. The summed E-state index contributed by atoms with van der Waals surface area (Å²) >= 11 is 0. The van der Waals surface area contributed by atoms with Crippen LogP contribution in [0, 0.1) is 41.4 Å². The number of hydrogen-bond donors (Lipinski definition) is 2. The summed E-state index contributed by atoms with van der Waals surface area (Å²) in [4.78, 5) is 17.6. The minimum Gasteiger partial charge on any atom is -0.339 e. The lowest BCUT2D eigenvalue weighted by molar-refractivity contribution is -0.204. The second kappa shape index (κ2) is 8.73. The molecule has 7 unspecified atom stereocenters. The minimum absolute atomic E-state index is 0.0364. The van der Waals surface area contributed by atoms with Crippen molar-refractivity contribution in [3.63, 3.8) is 0 Å². The lowest BCUT2D eigenvalue weighted by Crippen LogP contribution is -2.43. The van der Waals surface area contributed by atoms with Crippen molar-refractivity contribution in [3.05, 3.63) is 0 Å². The molecule has 5 nitrogen and oxygen atoms in total. The Hall–Kier alpha value is -0.860. The zero-order chi connectivity index (χ0) is 22.6. The van der Waals surface area contributed by atoms with Crippen LogP contribution in [0.5, 0.6) is 0 Å². The van der Waals surface area contributed by atoms with E-state index in [9.17, 15) is 18.0 Å². The monoisotopic (exact) mass is 456 g/mol. The molecule has 1 amide bonds. The Bertz CT molecular complexity index is 699. The number of likely N-dealkylation sites (tertiary alicyclic amines) is 1. The number of carbonyl (C=O) groups excluding carboxylic acids is 1. The van der Waals surface area contributed by atoms with Crippen molar-refractivity contribution >= 4 is 5.91 Å². The molecule has 0 radical (unpaired) electrons. The summed E-state index contributed by atoms with van der Waals surface area (Å²) in [7, 11) is 2.10. The number of nitrogens with one attached hydrogen (secondary N) is 2. The Balaban J connectivity index is 1.26. The molecule has 5 fully saturated rings. The van der Waals surface area contributed by atoms with Crippen molar-refractivity contribution in [1.29, 1.82) is 0 Å². The summed E-state index contributed by atoms with van der Waals surface area (Å²) in [6, 6.07) is 0.120. The summed E-state index contributed by atoms with van der Waals surface area (Å²) in [5.41, 5.74) is 6.51. The zero-order valence-corrected chi connectivity index (χ0v) is 19.4. The molecule has 2 saturated heterocycles. The van der Waals surface area contributed by atoms with Crippen LogP contribution in [-0.2, 0) is 4.79 Å². The number of alkyl halides is 3. The van der Waals surface area contributed by atoms with Gasteiger partial charge in [0.25, 0.3) is 0 Å². The van der Waals surface area contributed by atoms with E-state index >= 15 is 0 Å². The highest BCUT2D eigenvalue weighted by Crippen LogP contribution is 2.55. The van der Waals surface area contributed by atoms with Crippen LogP contribution in [0.1, 0.15) is 64.7 Å². The van der Waals surface area contributed by atoms with E-state index in [-0.39, 0.29) is 24.3 Å². The van der Waals surface area contributed by atoms with Gasteiger partial charge in [0.2, 0.25) is 5.91 Å². The van der Waals surface area contributed by atoms with Crippen molar-refractivity contribution < 1.29 is 18.0 Å². The van der Waals surface area contributed by atoms with E-state index in [0.717, 1.165) is 51.6 Å². The molecule has 0 spiro atoms. The van der Waals surface area contributed by atoms with E-state index < -0.39 is 23.9 Å². The van der Waals surface area contributed by atoms with Gasteiger partial charge in [0, 0.05) is 18.5 Å².